The van der Waals surface area contributed by atoms with Gasteiger partial charge in [-0.1, -0.05) is 0 Å². The van der Waals surface area contributed by atoms with Crippen molar-refractivity contribution < 1.29 is 9.53 Å². The van der Waals surface area contributed by atoms with Crippen molar-refractivity contribution in [3.63, 3.8) is 0 Å². The van der Waals surface area contributed by atoms with Crippen molar-refractivity contribution in [3.05, 3.63) is 34.4 Å². The second kappa shape index (κ2) is 5.09. The Morgan fingerprint density at radius 2 is 2.28 bits per heavy atom. The van der Waals surface area contributed by atoms with Crippen LogP contribution in [0.1, 0.15) is 10.5 Å². The molecule has 7 heteroatoms. The summed E-state index contributed by atoms with van der Waals surface area (Å²) in [6.45, 7) is 0. The van der Waals surface area contributed by atoms with Crippen LogP contribution in [0, 0.1) is 0 Å². The Hall–Kier alpha value is -2.02. The molecule has 0 atom stereocenters. The number of hydrogen-bond donors (Lipinski definition) is 3. The number of nitrogen functional groups attached to an aromatic ring is 1. The Labute approximate surface area is 112 Å². The van der Waals surface area contributed by atoms with Crippen LogP contribution in [0.4, 0.5) is 11.5 Å². The Balaban J connectivity index is 2.14. The molecule has 0 radical (unpaired) electrons. The number of benzene rings is 1. The normalized spacial score (nSPS) is 10.1. The third kappa shape index (κ3) is 2.62. The van der Waals surface area contributed by atoms with E-state index in [-0.39, 0.29) is 11.7 Å². The van der Waals surface area contributed by atoms with E-state index in [0.29, 0.717) is 17.1 Å². The molecule has 1 aromatic carbocycles. The lowest BCUT2D eigenvalue weighted by Gasteiger charge is -2.07. The van der Waals surface area contributed by atoms with Gasteiger partial charge in [0.05, 0.1) is 11.6 Å². The van der Waals surface area contributed by atoms with E-state index >= 15 is 0 Å². The van der Waals surface area contributed by atoms with Crippen LogP contribution < -0.4 is 15.8 Å². The van der Waals surface area contributed by atoms with E-state index in [1.807, 2.05) is 0 Å². The lowest BCUT2D eigenvalue weighted by Crippen LogP contribution is -2.12. The van der Waals surface area contributed by atoms with Crippen molar-refractivity contribution in [1.82, 2.24) is 10.2 Å². The predicted molar refractivity (Wildman–Crippen MR) is 71.6 cm³/mol. The van der Waals surface area contributed by atoms with Crippen LogP contribution in [-0.2, 0) is 0 Å². The summed E-state index contributed by atoms with van der Waals surface area (Å²) in [7, 11) is 1.58. The number of nitrogens with zero attached hydrogens (tertiary/aromatic N) is 1. The Bertz CT molecular complexity index is 582. The minimum absolute atomic E-state index is 0.274. The van der Waals surface area contributed by atoms with Crippen LogP contribution in [-0.4, -0.2) is 23.2 Å². The fraction of sp³-hybridized carbons (Fsp3) is 0.0909. The quantitative estimate of drug-likeness (QED) is 0.808. The first kappa shape index (κ1) is 12.4. The zero-order valence-corrected chi connectivity index (χ0v) is 11.1. The Morgan fingerprint density at radius 3 is 2.83 bits per heavy atom. The highest BCUT2D eigenvalue weighted by Crippen LogP contribution is 2.27. The van der Waals surface area contributed by atoms with Gasteiger partial charge in [-0.3, -0.25) is 9.89 Å². The third-order valence-electron chi connectivity index (χ3n) is 2.25. The maximum atomic E-state index is 11.8. The molecule has 0 fully saturated rings. The van der Waals surface area contributed by atoms with Crippen LogP contribution in [0.3, 0.4) is 0 Å². The number of amides is 1. The van der Waals surface area contributed by atoms with Gasteiger partial charge < -0.3 is 15.8 Å². The van der Waals surface area contributed by atoms with E-state index in [2.05, 4.69) is 31.4 Å². The van der Waals surface area contributed by atoms with Crippen molar-refractivity contribution in [2.24, 2.45) is 0 Å². The predicted octanol–water partition coefficient (Wildman–Crippen LogP) is 2.02. The maximum Gasteiger partial charge on any atom is 0.273 e. The number of carbonyl (C=O) groups is 1. The molecule has 1 heterocycles. The fourth-order valence-corrected chi connectivity index (χ4v) is 1.94. The second-order valence-electron chi connectivity index (χ2n) is 3.51. The van der Waals surface area contributed by atoms with E-state index in [9.17, 15) is 4.79 Å². The summed E-state index contributed by atoms with van der Waals surface area (Å²) < 4.78 is 5.86. The average Bonchev–Trinajstić information content (AvgIpc) is 2.76. The van der Waals surface area contributed by atoms with Crippen molar-refractivity contribution >= 4 is 33.3 Å². The summed E-state index contributed by atoms with van der Waals surface area (Å²) in [5, 5.41) is 8.94. The van der Waals surface area contributed by atoms with E-state index in [4.69, 9.17) is 10.5 Å². The molecule has 0 aliphatic heterocycles. The molecule has 1 aromatic heterocycles. The monoisotopic (exact) mass is 310 g/mol. The molecule has 6 nitrogen and oxygen atoms in total. The molecular weight excluding hydrogens is 300 g/mol. The topological polar surface area (TPSA) is 93.0 Å². The minimum Gasteiger partial charge on any atom is -0.496 e. The van der Waals surface area contributed by atoms with E-state index in [1.165, 1.54) is 6.07 Å². The summed E-state index contributed by atoms with van der Waals surface area (Å²) in [6, 6.07) is 6.70. The van der Waals surface area contributed by atoms with Crippen LogP contribution in [0.15, 0.2) is 28.7 Å². The SMILES string of the molecule is COc1ccc(NC(=O)c2cc(N)n[nH]2)cc1Br. The molecule has 0 aliphatic carbocycles. The van der Waals surface area contributed by atoms with Crippen LogP contribution >= 0.6 is 15.9 Å². The number of ether oxygens (including phenoxy) is 1. The zero-order chi connectivity index (χ0) is 13.1. The van der Waals surface area contributed by atoms with Crippen molar-refractivity contribution in [2.45, 2.75) is 0 Å². The van der Waals surface area contributed by atoms with Crippen molar-refractivity contribution in [1.29, 1.82) is 0 Å². The van der Waals surface area contributed by atoms with Gasteiger partial charge >= 0.3 is 0 Å². The number of H-pyrrole nitrogens is 1. The van der Waals surface area contributed by atoms with Gasteiger partial charge in [-0.25, -0.2) is 0 Å². The Morgan fingerprint density at radius 1 is 1.50 bits per heavy atom. The van der Waals surface area contributed by atoms with E-state index in [1.54, 1.807) is 25.3 Å². The van der Waals surface area contributed by atoms with Gasteiger partial charge in [0.1, 0.15) is 17.3 Å². The molecular formula is C11H11BrN4O2. The molecule has 2 aromatic rings. The molecule has 2 rings (SSSR count). The molecule has 0 bridgehead atoms. The van der Waals surface area contributed by atoms with Gasteiger partial charge in [0.15, 0.2) is 0 Å². The lowest BCUT2D eigenvalue weighted by atomic mass is 10.3. The maximum absolute atomic E-state index is 11.8. The summed E-state index contributed by atoms with van der Waals surface area (Å²) in [5.41, 5.74) is 6.37. The highest BCUT2D eigenvalue weighted by Gasteiger charge is 2.10. The molecule has 1 amide bonds. The molecule has 0 aliphatic rings. The van der Waals surface area contributed by atoms with E-state index < -0.39 is 0 Å². The number of methoxy groups -OCH3 is 1. The van der Waals surface area contributed by atoms with E-state index in [0.717, 1.165) is 4.47 Å². The summed E-state index contributed by atoms with van der Waals surface area (Å²) in [6.07, 6.45) is 0. The largest absolute Gasteiger partial charge is 0.496 e. The summed E-state index contributed by atoms with van der Waals surface area (Å²) in [5.74, 6) is 0.658. The van der Waals surface area contributed by atoms with Gasteiger partial charge in [-0.05, 0) is 34.1 Å². The number of nitrogens with two attached hydrogens (primary N) is 1. The number of aromatic amines is 1. The number of rotatable bonds is 3. The van der Waals surface area contributed by atoms with Gasteiger partial charge in [-0.2, -0.15) is 5.10 Å². The average molecular weight is 311 g/mol. The van der Waals surface area contributed by atoms with Gasteiger partial charge in [0, 0.05) is 11.8 Å². The smallest absolute Gasteiger partial charge is 0.273 e. The molecule has 0 saturated carbocycles. The minimum atomic E-state index is -0.309. The van der Waals surface area contributed by atoms with Gasteiger partial charge in [0.2, 0.25) is 0 Å². The molecule has 4 N–H and O–H groups in total. The molecule has 0 unspecified atom stereocenters. The fourth-order valence-electron chi connectivity index (χ4n) is 1.40. The summed E-state index contributed by atoms with van der Waals surface area (Å²) >= 11 is 3.34. The van der Waals surface area contributed by atoms with Crippen LogP contribution in [0.5, 0.6) is 5.75 Å². The highest BCUT2D eigenvalue weighted by molar-refractivity contribution is 9.10. The number of nitrogens with one attached hydrogen (secondary N) is 2. The second-order valence-corrected chi connectivity index (χ2v) is 4.36. The highest BCUT2D eigenvalue weighted by atomic mass is 79.9. The number of halogens is 1. The molecule has 0 saturated heterocycles. The molecule has 94 valence electrons. The molecule has 18 heavy (non-hydrogen) atoms. The number of carbonyl (C=O) groups excluding carboxylic acids is 1. The lowest BCUT2D eigenvalue weighted by molar-refractivity contribution is 0.102. The summed E-state index contributed by atoms with van der Waals surface area (Å²) in [4.78, 5) is 11.8. The van der Waals surface area contributed by atoms with Crippen LogP contribution in [0.25, 0.3) is 0 Å². The number of anilines is 2. The first-order chi connectivity index (χ1) is 8.60. The third-order valence-corrected chi connectivity index (χ3v) is 2.87. The number of hydrogen-bond acceptors (Lipinski definition) is 4. The first-order valence-electron chi connectivity index (χ1n) is 5.06. The Kier molecular flexibility index (Phi) is 3.52. The number of aromatic nitrogens is 2. The first-order valence-corrected chi connectivity index (χ1v) is 5.85. The van der Waals surface area contributed by atoms with Gasteiger partial charge in [-0.15, -0.1) is 0 Å². The standard InChI is InChI=1S/C11H11BrN4O2/c1-18-9-3-2-6(4-7(9)12)14-11(17)8-5-10(13)16-15-8/h2-5H,1H3,(H,14,17)(H3,13,15,16). The molecule has 0 spiro atoms. The van der Waals surface area contributed by atoms with Gasteiger partial charge in [0.25, 0.3) is 5.91 Å². The zero-order valence-electron chi connectivity index (χ0n) is 9.53. The van der Waals surface area contributed by atoms with Crippen LogP contribution in [0.2, 0.25) is 0 Å². The van der Waals surface area contributed by atoms with Crippen molar-refractivity contribution in [2.75, 3.05) is 18.2 Å². The van der Waals surface area contributed by atoms with Crippen molar-refractivity contribution in [3.8, 4) is 5.75 Å².